The maximum Gasteiger partial charge on any atom is 0.322 e. The van der Waals surface area contributed by atoms with Crippen molar-refractivity contribution in [2.45, 2.75) is 99.3 Å². The molecule has 0 unspecified atom stereocenters. The molecule has 0 aliphatic carbocycles. The van der Waals surface area contributed by atoms with Gasteiger partial charge in [-0.3, -0.25) is 9.59 Å². The Kier molecular flexibility index (Phi) is 8.63. The van der Waals surface area contributed by atoms with Crippen molar-refractivity contribution in [2.75, 3.05) is 0 Å². The molecular formula is C31H44O4. The average Bonchev–Trinajstić information content (AvgIpc) is 2.65. The van der Waals surface area contributed by atoms with Gasteiger partial charge in [-0.15, -0.1) is 0 Å². The molecule has 0 fully saturated rings. The lowest BCUT2D eigenvalue weighted by Crippen LogP contribution is -2.24. The smallest absolute Gasteiger partial charge is 0.322 e. The third-order valence-electron chi connectivity index (χ3n) is 5.97. The largest absolute Gasteiger partial charge is 0.426 e. The van der Waals surface area contributed by atoms with Crippen LogP contribution in [-0.4, -0.2) is 11.9 Å². The molecule has 0 bridgehead atoms. The van der Waals surface area contributed by atoms with Gasteiger partial charge in [-0.25, -0.2) is 0 Å². The second kappa shape index (κ2) is 10.6. The average molecular weight is 481 g/mol. The normalized spacial score (nSPS) is 12.9. The Bertz CT molecular complexity index is 914. The fourth-order valence-electron chi connectivity index (χ4n) is 5.26. The molecule has 4 heteroatoms. The van der Waals surface area contributed by atoms with E-state index in [0.29, 0.717) is 11.5 Å². The van der Waals surface area contributed by atoms with Crippen LogP contribution in [0.15, 0.2) is 48.5 Å². The van der Waals surface area contributed by atoms with Crippen LogP contribution in [0.5, 0.6) is 11.5 Å². The minimum atomic E-state index is -0.639. The fraction of sp³-hybridized carbons (Fsp3) is 0.548. The van der Waals surface area contributed by atoms with Crippen LogP contribution in [-0.2, 0) is 20.4 Å². The van der Waals surface area contributed by atoms with Crippen LogP contribution in [0, 0.1) is 10.8 Å². The summed E-state index contributed by atoms with van der Waals surface area (Å²) in [5, 5.41) is 0. The van der Waals surface area contributed by atoms with Crippen LogP contribution in [0.3, 0.4) is 0 Å². The molecule has 0 radical (unpaired) electrons. The van der Waals surface area contributed by atoms with Gasteiger partial charge < -0.3 is 9.47 Å². The zero-order valence-electron chi connectivity index (χ0n) is 23.4. The number of hydrogen-bond donors (Lipinski definition) is 0. The van der Waals surface area contributed by atoms with Crippen molar-refractivity contribution in [3.63, 3.8) is 0 Å². The molecule has 0 aromatic heterocycles. The van der Waals surface area contributed by atoms with Gasteiger partial charge in [0.1, 0.15) is 17.9 Å². The molecule has 0 saturated carbocycles. The molecule has 0 N–H and O–H groups in total. The first-order valence-electron chi connectivity index (χ1n) is 12.5. The highest BCUT2D eigenvalue weighted by atomic mass is 16.6. The Labute approximate surface area is 212 Å². The van der Waals surface area contributed by atoms with Crippen molar-refractivity contribution in [3.05, 3.63) is 59.7 Å². The summed E-state index contributed by atoms with van der Waals surface area (Å²) in [4.78, 5) is 24.6. The van der Waals surface area contributed by atoms with Gasteiger partial charge in [-0.05, 0) is 69.9 Å². The van der Waals surface area contributed by atoms with Crippen LogP contribution in [0.1, 0.15) is 99.6 Å². The van der Waals surface area contributed by atoms with Crippen molar-refractivity contribution in [1.29, 1.82) is 0 Å². The molecule has 0 atom stereocenters. The summed E-state index contributed by atoms with van der Waals surface area (Å²) in [6.45, 7) is 22.2. The van der Waals surface area contributed by atoms with Gasteiger partial charge in [-0.1, -0.05) is 93.5 Å². The Morgan fingerprint density at radius 3 is 1.09 bits per heavy atom. The number of rotatable bonds is 8. The number of esters is 2. The molecule has 192 valence electrons. The van der Waals surface area contributed by atoms with E-state index in [-0.39, 0.29) is 21.7 Å². The maximum atomic E-state index is 12.3. The lowest BCUT2D eigenvalue weighted by molar-refractivity contribution is -0.144. The van der Waals surface area contributed by atoms with E-state index in [1.54, 1.807) is 24.3 Å². The Balaban J connectivity index is 1.92. The van der Waals surface area contributed by atoms with Crippen molar-refractivity contribution in [1.82, 2.24) is 0 Å². The van der Waals surface area contributed by atoms with Gasteiger partial charge in [-0.2, -0.15) is 0 Å². The van der Waals surface area contributed by atoms with Crippen molar-refractivity contribution >= 4 is 11.9 Å². The van der Waals surface area contributed by atoms with E-state index < -0.39 is 18.4 Å². The lowest BCUT2D eigenvalue weighted by atomic mass is 9.72. The van der Waals surface area contributed by atoms with E-state index in [9.17, 15) is 9.59 Å². The minimum absolute atomic E-state index is 0.00209. The summed E-state index contributed by atoms with van der Waals surface area (Å²) in [5.41, 5.74) is 2.78. The summed E-state index contributed by atoms with van der Waals surface area (Å²) in [5.74, 6) is -0.439. The van der Waals surface area contributed by atoms with Gasteiger partial charge in [0.2, 0.25) is 0 Å². The summed E-state index contributed by atoms with van der Waals surface area (Å²) >= 11 is 0. The molecule has 0 aliphatic rings. The van der Waals surface area contributed by atoms with Gasteiger partial charge in [0.05, 0.1) is 0 Å². The number of carbonyl (C=O) groups excluding carboxylic acids is 2. The Hall–Kier alpha value is -2.62. The van der Waals surface area contributed by atoms with Crippen LogP contribution in [0.4, 0.5) is 0 Å². The SMILES string of the molecule is CC(C)(C)CC(C)(C)c1ccc(OC(=O)CC(=O)Oc2ccc(C(C)(C)CC(C)(C)C)cc2)cc1. The van der Waals surface area contributed by atoms with Gasteiger partial charge in [0.25, 0.3) is 0 Å². The minimum Gasteiger partial charge on any atom is -0.426 e. The number of benzene rings is 2. The predicted molar refractivity (Wildman–Crippen MR) is 143 cm³/mol. The van der Waals surface area contributed by atoms with Crippen molar-refractivity contribution in [2.24, 2.45) is 10.8 Å². The highest BCUT2D eigenvalue weighted by Gasteiger charge is 2.28. The summed E-state index contributed by atoms with van der Waals surface area (Å²) in [6.07, 6.45) is 1.61. The van der Waals surface area contributed by atoms with E-state index in [0.717, 1.165) is 12.8 Å². The molecule has 4 nitrogen and oxygen atoms in total. The Morgan fingerprint density at radius 1 is 0.543 bits per heavy atom. The van der Waals surface area contributed by atoms with Gasteiger partial charge in [0.15, 0.2) is 0 Å². The molecular weight excluding hydrogens is 436 g/mol. The fourth-order valence-corrected chi connectivity index (χ4v) is 5.26. The molecule has 2 aromatic carbocycles. The highest BCUT2D eigenvalue weighted by Crippen LogP contribution is 2.37. The van der Waals surface area contributed by atoms with Crippen LogP contribution in [0.25, 0.3) is 0 Å². The first kappa shape index (κ1) is 28.6. The maximum absolute atomic E-state index is 12.3. The van der Waals surface area contributed by atoms with E-state index >= 15 is 0 Å². The van der Waals surface area contributed by atoms with Crippen LogP contribution >= 0.6 is 0 Å². The van der Waals surface area contributed by atoms with E-state index in [4.69, 9.17) is 9.47 Å². The highest BCUT2D eigenvalue weighted by molar-refractivity contribution is 5.93. The number of hydrogen-bond acceptors (Lipinski definition) is 4. The van der Waals surface area contributed by atoms with Gasteiger partial charge in [0, 0.05) is 0 Å². The summed E-state index contributed by atoms with van der Waals surface area (Å²) < 4.78 is 10.7. The van der Waals surface area contributed by atoms with E-state index in [2.05, 4.69) is 69.2 Å². The molecule has 35 heavy (non-hydrogen) atoms. The molecule has 2 rings (SSSR count). The molecule has 0 heterocycles. The first-order chi connectivity index (χ1) is 15.9. The standard InChI is InChI=1S/C31H44O4/c1-28(2,3)20-30(7,8)22-11-15-24(16-12-22)34-26(32)19-27(33)35-25-17-13-23(14-18-25)31(9,10)21-29(4,5)6/h11-18H,19-21H2,1-10H3. The predicted octanol–water partition coefficient (Wildman–Crippen LogP) is 8.02. The van der Waals surface area contributed by atoms with E-state index in [1.165, 1.54) is 11.1 Å². The topological polar surface area (TPSA) is 52.6 Å². The third kappa shape index (κ3) is 9.51. The monoisotopic (exact) mass is 480 g/mol. The second-order valence-corrected chi connectivity index (χ2v) is 13.4. The first-order valence-corrected chi connectivity index (χ1v) is 12.5. The zero-order valence-corrected chi connectivity index (χ0v) is 23.4. The summed E-state index contributed by atoms with van der Waals surface area (Å²) in [6, 6.07) is 15.0. The van der Waals surface area contributed by atoms with Gasteiger partial charge >= 0.3 is 11.9 Å². The molecule has 0 spiro atoms. The summed E-state index contributed by atoms with van der Waals surface area (Å²) in [7, 11) is 0. The van der Waals surface area contributed by atoms with Crippen molar-refractivity contribution < 1.29 is 19.1 Å². The van der Waals surface area contributed by atoms with Crippen molar-refractivity contribution in [3.8, 4) is 11.5 Å². The zero-order chi connectivity index (χ0) is 26.7. The quantitative estimate of drug-likeness (QED) is 0.218. The lowest BCUT2D eigenvalue weighted by Gasteiger charge is -2.33. The third-order valence-corrected chi connectivity index (χ3v) is 5.97. The molecule has 0 aliphatic heterocycles. The second-order valence-electron chi connectivity index (χ2n) is 13.4. The number of carbonyl (C=O) groups is 2. The molecule has 0 amide bonds. The molecule has 0 saturated heterocycles. The van der Waals surface area contributed by atoms with Crippen LogP contribution < -0.4 is 9.47 Å². The molecule has 2 aromatic rings. The number of ether oxygens (including phenoxy) is 2. The Morgan fingerprint density at radius 2 is 0.829 bits per heavy atom. The van der Waals surface area contributed by atoms with E-state index in [1.807, 2.05) is 24.3 Å². The van der Waals surface area contributed by atoms with Crippen LogP contribution in [0.2, 0.25) is 0 Å².